The van der Waals surface area contributed by atoms with Crippen molar-refractivity contribution in [1.82, 2.24) is 10.2 Å². The molecule has 1 heterocycles. The summed E-state index contributed by atoms with van der Waals surface area (Å²) in [4.78, 5) is 28.2. The first-order valence-electron chi connectivity index (χ1n) is 9.61. The molecule has 0 saturated heterocycles. The van der Waals surface area contributed by atoms with Crippen LogP contribution in [0.4, 0.5) is 5.69 Å². The molecule has 2 aromatic rings. The van der Waals surface area contributed by atoms with Crippen molar-refractivity contribution in [2.45, 2.75) is 18.9 Å². The van der Waals surface area contributed by atoms with Crippen molar-refractivity contribution in [2.75, 3.05) is 39.2 Å². The van der Waals surface area contributed by atoms with Crippen LogP contribution in [0.2, 0.25) is 0 Å². The molecule has 0 spiro atoms. The maximum Gasteiger partial charge on any atom is 0.253 e. The van der Waals surface area contributed by atoms with Gasteiger partial charge < -0.3 is 25.0 Å². The lowest BCUT2D eigenvalue weighted by molar-refractivity contribution is -0.121. The Labute approximate surface area is 170 Å². The number of nitrogens with one attached hydrogen (secondary N) is 1. The highest BCUT2D eigenvalue weighted by Gasteiger charge is 2.27. The fourth-order valence-electron chi connectivity index (χ4n) is 3.29. The number of fused-ring (bicyclic) bond motifs is 1. The van der Waals surface area contributed by atoms with Gasteiger partial charge in [0.2, 0.25) is 5.91 Å². The van der Waals surface area contributed by atoms with Crippen molar-refractivity contribution in [3.63, 3.8) is 0 Å². The molecule has 0 fully saturated rings. The molecule has 0 bridgehead atoms. The van der Waals surface area contributed by atoms with E-state index in [2.05, 4.69) is 5.32 Å². The number of hydrogen-bond acceptors (Lipinski definition) is 5. The van der Waals surface area contributed by atoms with Gasteiger partial charge in [0.05, 0.1) is 18.2 Å². The van der Waals surface area contributed by atoms with E-state index >= 15 is 0 Å². The van der Waals surface area contributed by atoms with Crippen LogP contribution in [0.5, 0.6) is 11.5 Å². The van der Waals surface area contributed by atoms with Crippen molar-refractivity contribution in [3.05, 3.63) is 53.6 Å². The largest absolute Gasteiger partial charge is 0.508 e. The topological polar surface area (TPSA) is 82.1 Å². The van der Waals surface area contributed by atoms with Gasteiger partial charge in [-0.05, 0) is 42.3 Å². The molecule has 1 aliphatic rings. The number of likely N-dealkylation sites (N-methyl/N-ethyl adjacent to an activating group) is 1. The molecule has 7 nitrogen and oxygen atoms in total. The van der Waals surface area contributed by atoms with Crippen LogP contribution >= 0.6 is 0 Å². The van der Waals surface area contributed by atoms with Crippen molar-refractivity contribution in [2.24, 2.45) is 0 Å². The summed E-state index contributed by atoms with van der Waals surface area (Å²) in [6, 6.07) is 12.2. The summed E-state index contributed by atoms with van der Waals surface area (Å²) in [7, 11) is 5.35. The molecule has 0 radical (unpaired) electrons. The van der Waals surface area contributed by atoms with Crippen molar-refractivity contribution in [1.29, 1.82) is 0 Å². The SMILES string of the molecule is CN(C)C(=O)c1ccc2c(c1)N(C)[C@@H](CC(=O)NCCc1ccc(O)cc1)CO2. The lowest BCUT2D eigenvalue weighted by Crippen LogP contribution is -2.44. The second-order valence-corrected chi connectivity index (χ2v) is 7.43. The van der Waals surface area contributed by atoms with E-state index in [1.54, 1.807) is 38.4 Å². The van der Waals surface area contributed by atoms with Gasteiger partial charge in [-0.25, -0.2) is 0 Å². The first-order valence-corrected chi connectivity index (χ1v) is 9.61. The van der Waals surface area contributed by atoms with Crippen LogP contribution in [0.15, 0.2) is 42.5 Å². The van der Waals surface area contributed by atoms with Gasteiger partial charge in [0.1, 0.15) is 18.1 Å². The van der Waals surface area contributed by atoms with E-state index in [1.807, 2.05) is 30.1 Å². The van der Waals surface area contributed by atoms with Crippen molar-refractivity contribution >= 4 is 17.5 Å². The second kappa shape index (κ2) is 8.86. The Kier molecular flexibility index (Phi) is 6.26. The summed E-state index contributed by atoms with van der Waals surface area (Å²) in [5.74, 6) is 0.823. The third kappa shape index (κ3) is 4.99. The van der Waals surface area contributed by atoms with Gasteiger partial charge in [0.25, 0.3) is 5.91 Å². The maximum atomic E-state index is 12.4. The van der Waals surface area contributed by atoms with Crippen molar-refractivity contribution < 1.29 is 19.4 Å². The molecule has 29 heavy (non-hydrogen) atoms. The smallest absolute Gasteiger partial charge is 0.253 e. The predicted molar refractivity (Wildman–Crippen MR) is 112 cm³/mol. The molecule has 2 N–H and O–H groups in total. The molecular formula is C22H27N3O4. The Balaban J connectivity index is 1.57. The monoisotopic (exact) mass is 397 g/mol. The highest BCUT2D eigenvalue weighted by Crippen LogP contribution is 2.34. The number of nitrogens with zero attached hydrogens (tertiary/aromatic N) is 2. The van der Waals surface area contributed by atoms with E-state index in [-0.39, 0.29) is 23.6 Å². The van der Waals surface area contributed by atoms with Crippen LogP contribution in [0.25, 0.3) is 0 Å². The number of carbonyl (C=O) groups is 2. The van der Waals surface area contributed by atoms with E-state index in [4.69, 9.17) is 4.74 Å². The van der Waals surface area contributed by atoms with Crippen LogP contribution < -0.4 is 15.0 Å². The molecular weight excluding hydrogens is 370 g/mol. The number of ether oxygens (including phenoxy) is 1. The number of phenolic OH excluding ortho intramolecular Hbond substituents is 1. The van der Waals surface area contributed by atoms with Gasteiger partial charge >= 0.3 is 0 Å². The number of phenols is 1. The van der Waals surface area contributed by atoms with Crippen LogP contribution in [-0.2, 0) is 11.2 Å². The van der Waals surface area contributed by atoms with Crippen LogP contribution in [0, 0.1) is 0 Å². The van der Waals surface area contributed by atoms with E-state index < -0.39 is 0 Å². The van der Waals surface area contributed by atoms with Gasteiger partial charge in [0.15, 0.2) is 0 Å². The minimum absolute atomic E-state index is 0.0480. The fraction of sp³-hybridized carbons (Fsp3) is 0.364. The van der Waals surface area contributed by atoms with E-state index in [0.717, 1.165) is 11.3 Å². The molecule has 0 saturated carbocycles. The van der Waals surface area contributed by atoms with E-state index in [0.29, 0.717) is 37.3 Å². The molecule has 1 aliphatic heterocycles. The zero-order valence-corrected chi connectivity index (χ0v) is 17.0. The Morgan fingerprint density at radius 2 is 1.93 bits per heavy atom. The minimum atomic E-state index is -0.110. The number of carbonyl (C=O) groups excluding carboxylic acids is 2. The number of rotatable bonds is 6. The molecule has 154 valence electrons. The predicted octanol–water partition coefficient (Wildman–Crippen LogP) is 2.04. The third-order valence-electron chi connectivity index (χ3n) is 5.06. The normalized spacial score (nSPS) is 15.3. The number of hydrogen-bond donors (Lipinski definition) is 2. The minimum Gasteiger partial charge on any atom is -0.508 e. The molecule has 0 aliphatic carbocycles. The first kappa shape index (κ1) is 20.5. The van der Waals surface area contributed by atoms with E-state index in [1.165, 1.54) is 4.90 Å². The summed E-state index contributed by atoms with van der Waals surface area (Å²) in [6.07, 6.45) is 0.999. The summed E-state index contributed by atoms with van der Waals surface area (Å²) < 4.78 is 5.82. The zero-order valence-electron chi connectivity index (χ0n) is 17.0. The number of benzene rings is 2. The van der Waals surface area contributed by atoms with Gasteiger partial charge in [-0.3, -0.25) is 9.59 Å². The third-order valence-corrected chi connectivity index (χ3v) is 5.06. The quantitative estimate of drug-likeness (QED) is 0.780. The second-order valence-electron chi connectivity index (χ2n) is 7.43. The average molecular weight is 397 g/mol. The van der Waals surface area contributed by atoms with Gasteiger partial charge in [-0.15, -0.1) is 0 Å². The lowest BCUT2D eigenvalue weighted by atomic mass is 10.1. The van der Waals surface area contributed by atoms with Crippen LogP contribution in [0.1, 0.15) is 22.3 Å². The average Bonchev–Trinajstić information content (AvgIpc) is 2.71. The summed E-state index contributed by atoms with van der Waals surface area (Å²) in [5, 5.41) is 12.3. The van der Waals surface area contributed by atoms with Gasteiger partial charge in [-0.2, -0.15) is 0 Å². The van der Waals surface area contributed by atoms with Crippen LogP contribution in [-0.4, -0.2) is 62.2 Å². The maximum absolute atomic E-state index is 12.4. The summed E-state index contributed by atoms with van der Waals surface area (Å²) in [5.41, 5.74) is 2.45. The Hall–Kier alpha value is -3.22. The Bertz CT molecular complexity index is 880. The highest BCUT2D eigenvalue weighted by atomic mass is 16.5. The molecule has 0 aromatic heterocycles. The highest BCUT2D eigenvalue weighted by molar-refractivity contribution is 5.95. The van der Waals surface area contributed by atoms with Crippen molar-refractivity contribution in [3.8, 4) is 11.5 Å². The Morgan fingerprint density at radius 1 is 1.21 bits per heavy atom. The summed E-state index contributed by atoms with van der Waals surface area (Å²) in [6.45, 7) is 0.939. The molecule has 2 aromatic carbocycles. The lowest BCUT2D eigenvalue weighted by Gasteiger charge is -2.35. The molecule has 0 unspecified atom stereocenters. The van der Waals surface area contributed by atoms with Gasteiger partial charge in [-0.1, -0.05) is 12.1 Å². The first-order chi connectivity index (χ1) is 13.8. The van der Waals surface area contributed by atoms with Gasteiger partial charge in [0, 0.05) is 33.3 Å². The zero-order chi connectivity index (χ0) is 21.0. The summed E-state index contributed by atoms with van der Waals surface area (Å²) >= 11 is 0. The molecule has 2 amide bonds. The molecule has 7 heteroatoms. The molecule has 3 rings (SSSR count). The van der Waals surface area contributed by atoms with Crippen LogP contribution in [0.3, 0.4) is 0 Å². The molecule has 1 atom stereocenters. The number of aromatic hydroxyl groups is 1. The Morgan fingerprint density at radius 3 is 2.62 bits per heavy atom. The fourth-order valence-corrected chi connectivity index (χ4v) is 3.29. The number of amides is 2. The standard InChI is InChI=1S/C22H27N3O4/c1-24(2)22(28)16-6-9-20-19(12-16)25(3)17(14-29-20)13-21(27)23-11-10-15-4-7-18(26)8-5-15/h4-9,12,17,26H,10-11,13-14H2,1-3H3,(H,23,27)/t17-/m0/s1. The number of anilines is 1. The van der Waals surface area contributed by atoms with E-state index in [9.17, 15) is 14.7 Å².